The van der Waals surface area contributed by atoms with Crippen LogP contribution in [0.4, 0.5) is 30.2 Å². The number of halogens is 3. The van der Waals surface area contributed by atoms with Crippen molar-refractivity contribution in [3.63, 3.8) is 0 Å². The molecule has 4 amide bonds. The molecule has 3 aromatic carbocycles. The number of anilines is 3. The van der Waals surface area contributed by atoms with Crippen LogP contribution in [0.25, 0.3) is 0 Å². The van der Waals surface area contributed by atoms with Gasteiger partial charge in [0.1, 0.15) is 11.8 Å². The van der Waals surface area contributed by atoms with E-state index in [1.54, 1.807) is 14.0 Å². The fourth-order valence-corrected chi connectivity index (χ4v) is 7.40. The number of piperidine rings is 1. The normalized spacial score (nSPS) is 18.6. The van der Waals surface area contributed by atoms with Crippen LogP contribution in [0.5, 0.6) is 5.75 Å². The quantitative estimate of drug-likeness (QED) is 0.244. The van der Waals surface area contributed by atoms with Gasteiger partial charge in [0.15, 0.2) is 0 Å². The second kappa shape index (κ2) is 18.7. The molecule has 0 spiro atoms. The first-order valence-electron chi connectivity index (χ1n) is 19.6. The third-order valence-corrected chi connectivity index (χ3v) is 11.0. The number of likely N-dealkylation sites (N-methyl/N-ethyl adjacent to an activating group) is 1. The maximum atomic E-state index is 13.3. The van der Waals surface area contributed by atoms with Crippen molar-refractivity contribution in [2.75, 3.05) is 94.2 Å². The van der Waals surface area contributed by atoms with Gasteiger partial charge in [0.25, 0.3) is 0 Å². The number of amides is 4. The fraction of sp³-hybridized carbons (Fsp3) is 0.452. The average molecular weight is 803 g/mol. The first-order valence-corrected chi connectivity index (χ1v) is 19.6. The predicted molar refractivity (Wildman–Crippen MR) is 212 cm³/mol. The van der Waals surface area contributed by atoms with E-state index in [4.69, 9.17) is 10.00 Å². The van der Waals surface area contributed by atoms with Gasteiger partial charge >= 0.3 is 6.18 Å². The number of nitrogens with one attached hydrogen (secondary N) is 2. The van der Waals surface area contributed by atoms with E-state index in [0.29, 0.717) is 12.2 Å². The molecule has 3 aliphatic heterocycles. The SMILES string of the molecule is C[C@H](COc1ccc(N2CCN(CCN3CCN(c4cccc(CC(=O)N(C)C5CCC(=O)NC5=O)c4)CC3)CC2)cc1)C(=O)Nc1ccc(C#N)c(C(F)(F)F)c1. The van der Waals surface area contributed by atoms with Crippen LogP contribution in [-0.2, 0) is 31.8 Å². The zero-order chi connectivity index (χ0) is 41.4. The number of imide groups is 1. The summed E-state index contributed by atoms with van der Waals surface area (Å²) in [4.78, 5) is 60.5. The van der Waals surface area contributed by atoms with Crippen LogP contribution < -0.4 is 25.2 Å². The molecule has 0 radical (unpaired) electrons. The lowest BCUT2D eigenvalue weighted by molar-refractivity contribution is -0.144. The average Bonchev–Trinajstić information content (AvgIpc) is 3.22. The molecular formula is C42H49F3N8O5. The predicted octanol–water partition coefficient (Wildman–Crippen LogP) is 3.98. The summed E-state index contributed by atoms with van der Waals surface area (Å²) in [6.07, 6.45) is -3.97. The first kappa shape index (κ1) is 42.0. The van der Waals surface area contributed by atoms with Crippen molar-refractivity contribution in [2.45, 2.75) is 38.4 Å². The van der Waals surface area contributed by atoms with Crippen molar-refractivity contribution < 1.29 is 37.1 Å². The molecule has 0 aliphatic carbocycles. The summed E-state index contributed by atoms with van der Waals surface area (Å²) < 4.78 is 45.7. The molecule has 308 valence electrons. The number of alkyl halides is 3. The molecule has 58 heavy (non-hydrogen) atoms. The van der Waals surface area contributed by atoms with Crippen molar-refractivity contribution in [3.8, 4) is 11.8 Å². The van der Waals surface area contributed by atoms with Gasteiger partial charge in [0.05, 0.1) is 36.1 Å². The van der Waals surface area contributed by atoms with Crippen LogP contribution in [0.15, 0.2) is 66.7 Å². The van der Waals surface area contributed by atoms with Crippen molar-refractivity contribution in [2.24, 2.45) is 5.92 Å². The number of hydrogen-bond acceptors (Lipinski definition) is 10. The lowest BCUT2D eigenvalue weighted by Gasteiger charge is -2.39. The molecule has 3 fully saturated rings. The lowest BCUT2D eigenvalue weighted by atomic mass is 10.0. The summed E-state index contributed by atoms with van der Waals surface area (Å²) in [5.41, 5.74) is 1.39. The minimum Gasteiger partial charge on any atom is -0.493 e. The summed E-state index contributed by atoms with van der Waals surface area (Å²) in [6, 6.07) is 19.7. The Balaban J connectivity index is 0.877. The van der Waals surface area contributed by atoms with E-state index in [9.17, 15) is 32.3 Å². The third kappa shape index (κ3) is 10.8. The van der Waals surface area contributed by atoms with Gasteiger partial charge in [-0.15, -0.1) is 0 Å². The summed E-state index contributed by atoms with van der Waals surface area (Å²) in [7, 11) is 1.62. The minimum atomic E-state index is -4.72. The Bertz CT molecular complexity index is 1990. The highest BCUT2D eigenvalue weighted by molar-refractivity contribution is 6.01. The second-order valence-electron chi connectivity index (χ2n) is 15.0. The molecule has 2 atom stereocenters. The van der Waals surface area contributed by atoms with Gasteiger partial charge in [0, 0.05) is 96.0 Å². The standard InChI is InChI=1S/C42H49F3N8O5/c1-29(40(56)47-32-7-6-31(27-46)36(26-32)42(43,44)45)28-58-35-10-8-33(9-11-35)52-20-16-50(17-21-52)14-15-51-18-22-53(23-19-51)34-5-3-4-30(24-34)25-39(55)49(2)37-12-13-38(54)48-41(37)57/h3-11,24,26,29,37H,12-23,25,28H2,1-2H3,(H,47,56)(H,48,54,57)/t29-,37?/m1/s1. The van der Waals surface area contributed by atoms with Crippen molar-refractivity contribution in [3.05, 3.63) is 83.4 Å². The number of hydrogen-bond donors (Lipinski definition) is 2. The zero-order valence-electron chi connectivity index (χ0n) is 32.8. The molecule has 3 aliphatic rings. The second-order valence-corrected chi connectivity index (χ2v) is 15.0. The van der Waals surface area contributed by atoms with Crippen LogP contribution in [-0.4, -0.2) is 123 Å². The van der Waals surface area contributed by atoms with E-state index in [-0.39, 0.29) is 37.0 Å². The Labute approximate surface area is 336 Å². The van der Waals surface area contributed by atoms with Crippen LogP contribution >= 0.6 is 0 Å². The molecule has 0 bridgehead atoms. The number of rotatable bonds is 13. The van der Waals surface area contributed by atoms with Gasteiger partial charge in [-0.05, 0) is 66.6 Å². The maximum absolute atomic E-state index is 13.3. The molecule has 3 heterocycles. The summed E-state index contributed by atoms with van der Waals surface area (Å²) in [6.45, 7) is 11.0. The monoisotopic (exact) mass is 802 g/mol. The molecule has 3 aromatic rings. The van der Waals surface area contributed by atoms with E-state index < -0.39 is 41.1 Å². The van der Waals surface area contributed by atoms with E-state index in [2.05, 4.69) is 42.4 Å². The molecule has 1 unspecified atom stereocenters. The summed E-state index contributed by atoms with van der Waals surface area (Å²) in [5.74, 6) is -1.45. The maximum Gasteiger partial charge on any atom is 0.417 e. The first-order chi connectivity index (χ1) is 27.8. The van der Waals surface area contributed by atoms with E-state index in [1.165, 1.54) is 17.0 Å². The lowest BCUT2D eigenvalue weighted by Crippen LogP contribution is -2.53. The zero-order valence-corrected chi connectivity index (χ0v) is 32.8. The number of nitriles is 1. The molecule has 0 aromatic heterocycles. The Hall–Kier alpha value is -5.66. The Morgan fingerprint density at radius 3 is 2.16 bits per heavy atom. The van der Waals surface area contributed by atoms with Crippen molar-refractivity contribution >= 4 is 40.7 Å². The van der Waals surface area contributed by atoms with Gasteiger partial charge in [-0.3, -0.25) is 34.3 Å². The number of nitrogens with zero attached hydrogens (tertiary/aromatic N) is 6. The molecule has 6 rings (SSSR count). The highest BCUT2D eigenvalue weighted by Crippen LogP contribution is 2.34. The highest BCUT2D eigenvalue weighted by Gasteiger charge is 2.34. The number of carbonyl (C=O) groups is 4. The van der Waals surface area contributed by atoms with Crippen molar-refractivity contribution in [1.29, 1.82) is 5.26 Å². The molecule has 0 saturated carbocycles. The summed E-state index contributed by atoms with van der Waals surface area (Å²) >= 11 is 0. The molecule has 16 heteroatoms. The van der Waals surface area contributed by atoms with Crippen LogP contribution in [0.2, 0.25) is 0 Å². The van der Waals surface area contributed by atoms with Gasteiger partial charge in [-0.25, -0.2) is 0 Å². The van der Waals surface area contributed by atoms with E-state index in [1.807, 2.05) is 36.4 Å². The van der Waals surface area contributed by atoms with Crippen LogP contribution in [0, 0.1) is 17.2 Å². The highest BCUT2D eigenvalue weighted by atomic mass is 19.4. The van der Waals surface area contributed by atoms with Crippen LogP contribution in [0.3, 0.4) is 0 Å². The number of benzene rings is 3. The van der Waals surface area contributed by atoms with Gasteiger partial charge in [-0.2, -0.15) is 18.4 Å². The largest absolute Gasteiger partial charge is 0.493 e. The molecule has 13 nitrogen and oxygen atoms in total. The summed E-state index contributed by atoms with van der Waals surface area (Å²) in [5, 5.41) is 13.8. The molecule has 3 saturated heterocycles. The van der Waals surface area contributed by atoms with E-state index in [0.717, 1.165) is 94.5 Å². The van der Waals surface area contributed by atoms with Gasteiger partial charge in [0.2, 0.25) is 23.6 Å². The van der Waals surface area contributed by atoms with Gasteiger partial charge in [-0.1, -0.05) is 19.1 Å². The fourth-order valence-electron chi connectivity index (χ4n) is 7.40. The Kier molecular flexibility index (Phi) is 13.6. The topological polar surface area (TPSA) is 142 Å². The molecular weight excluding hydrogens is 754 g/mol. The Morgan fingerprint density at radius 2 is 1.55 bits per heavy atom. The Morgan fingerprint density at radius 1 is 0.914 bits per heavy atom. The number of piperazine rings is 2. The number of ether oxygens (including phenoxy) is 1. The smallest absolute Gasteiger partial charge is 0.417 e. The minimum absolute atomic E-state index is 0.0321. The van der Waals surface area contributed by atoms with Crippen LogP contribution in [0.1, 0.15) is 36.5 Å². The van der Waals surface area contributed by atoms with E-state index >= 15 is 0 Å². The molecule has 2 N–H and O–H groups in total. The van der Waals surface area contributed by atoms with Gasteiger partial charge < -0.3 is 24.8 Å². The third-order valence-electron chi connectivity index (χ3n) is 11.0. The number of carbonyl (C=O) groups excluding carboxylic acids is 4. The van der Waals surface area contributed by atoms with Crippen molar-refractivity contribution in [1.82, 2.24) is 20.0 Å².